The number of carbonyl (C=O) groups excluding carboxylic acids is 1. The summed E-state index contributed by atoms with van der Waals surface area (Å²) in [5, 5.41) is 7.22. The van der Waals surface area contributed by atoms with E-state index in [1.54, 1.807) is 0 Å². The Labute approximate surface area is 94.5 Å². The number of alkyl halides is 3. The highest BCUT2D eigenvalue weighted by atomic mass is 19.4. The molecule has 17 heavy (non-hydrogen) atoms. The molecule has 0 aliphatic carbocycles. The molecule has 1 aromatic rings. The van der Waals surface area contributed by atoms with Gasteiger partial charge in [-0.2, -0.15) is 13.2 Å². The fraction of sp³-hybridized carbons (Fsp3) is 0.333. The fourth-order valence-corrected chi connectivity index (χ4v) is 1.13. The first-order valence-corrected chi connectivity index (χ1v) is 4.50. The first-order valence-electron chi connectivity index (χ1n) is 4.50. The van der Waals surface area contributed by atoms with Crippen LogP contribution in [0.25, 0.3) is 0 Å². The quantitative estimate of drug-likeness (QED) is 0.622. The average molecular weight is 249 g/mol. The van der Waals surface area contributed by atoms with Gasteiger partial charge in [0.1, 0.15) is 11.6 Å². The SMILES string of the molecule is CC(=N)N(Cc1ccc(C(F)(F)F)o1)C(N)=O. The molecule has 0 spiro atoms. The largest absolute Gasteiger partial charge is 0.455 e. The van der Waals surface area contributed by atoms with E-state index in [9.17, 15) is 18.0 Å². The highest BCUT2D eigenvalue weighted by molar-refractivity contribution is 5.93. The van der Waals surface area contributed by atoms with Gasteiger partial charge in [0.25, 0.3) is 0 Å². The molecule has 0 unspecified atom stereocenters. The van der Waals surface area contributed by atoms with Crippen LogP contribution < -0.4 is 5.73 Å². The van der Waals surface area contributed by atoms with Crippen molar-refractivity contribution in [1.29, 1.82) is 5.41 Å². The molecule has 1 heterocycles. The molecular formula is C9H10F3N3O2. The Kier molecular flexibility index (Phi) is 3.45. The lowest BCUT2D eigenvalue weighted by molar-refractivity contribution is -0.153. The number of hydrogen-bond acceptors (Lipinski definition) is 3. The maximum absolute atomic E-state index is 12.2. The standard InChI is InChI=1S/C9H10F3N3O2/c1-5(13)15(8(14)16)4-6-2-3-7(17-6)9(10,11)12/h2-3,13H,4H2,1H3,(H2,14,16). The molecule has 5 nitrogen and oxygen atoms in total. The zero-order valence-corrected chi connectivity index (χ0v) is 8.84. The zero-order chi connectivity index (χ0) is 13.2. The Hall–Kier alpha value is -1.99. The van der Waals surface area contributed by atoms with Crippen LogP contribution in [0.15, 0.2) is 16.5 Å². The van der Waals surface area contributed by atoms with Crippen LogP contribution in [0.3, 0.4) is 0 Å². The molecule has 0 aliphatic heterocycles. The van der Waals surface area contributed by atoms with Gasteiger partial charge in [0.05, 0.1) is 6.54 Å². The first kappa shape index (κ1) is 13.1. The molecule has 0 bridgehead atoms. The van der Waals surface area contributed by atoms with Crippen molar-refractivity contribution in [3.8, 4) is 0 Å². The third kappa shape index (κ3) is 3.23. The van der Waals surface area contributed by atoms with Gasteiger partial charge in [0, 0.05) is 0 Å². The number of furan rings is 1. The Morgan fingerprint density at radius 1 is 1.53 bits per heavy atom. The minimum absolute atomic E-state index is 0.0947. The van der Waals surface area contributed by atoms with Crippen LogP contribution in [-0.4, -0.2) is 16.8 Å². The van der Waals surface area contributed by atoms with E-state index in [0.717, 1.165) is 17.0 Å². The van der Waals surface area contributed by atoms with Gasteiger partial charge < -0.3 is 10.2 Å². The van der Waals surface area contributed by atoms with Crippen molar-refractivity contribution in [2.24, 2.45) is 5.73 Å². The second-order valence-corrected chi connectivity index (χ2v) is 3.27. The van der Waals surface area contributed by atoms with Gasteiger partial charge >= 0.3 is 12.2 Å². The molecular weight excluding hydrogens is 239 g/mol. The lowest BCUT2D eigenvalue weighted by Crippen LogP contribution is -2.38. The second kappa shape index (κ2) is 4.48. The molecule has 94 valence electrons. The number of nitrogens with two attached hydrogens (primary N) is 1. The summed E-state index contributed by atoms with van der Waals surface area (Å²) in [5.74, 6) is -1.43. The molecule has 1 rings (SSSR count). The summed E-state index contributed by atoms with van der Waals surface area (Å²) in [6.45, 7) is 0.985. The van der Waals surface area contributed by atoms with Crippen LogP contribution in [0.4, 0.5) is 18.0 Å². The molecule has 0 aromatic carbocycles. The van der Waals surface area contributed by atoms with Crippen LogP contribution in [0.2, 0.25) is 0 Å². The third-order valence-electron chi connectivity index (χ3n) is 1.93. The van der Waals surface area contributed by atoms with Gasteiger partial charge in [-0.15, -0.1) is 0 Å². The van der Waals surface area contributed by atoms with E-state index in [2.05, 4.69) is 4.42 Å². The van der Waals surface area contributed by atoms with E-state index in [-0.39, 0.29) is 18.1 Å². The maximum atomic E-state index is 12.2. The van der Waals surface area contributed by atoms with Crippen molar-refractivity contribution in [1.82, 2.24) is 4.90 Å². The molecule has 0 radical (unpaired) electrons. The van der Waals surface area contributed by atoms with E-state index in [0.29, 0.717) is 0 Å². The lowest BCUT2D eigenvalue weighted by Gasteiger charge is -2.16. The van der Waals surface area contributed by atoms with Gasteiger partial charge in [-0.05, 0) is 19.1 Å². The number of rotatable bonds is 2. The summed E-state index contributed by atoms with van der Waals surface area (Å²) in [4.78, 5) is 11.7. The number of nitrogens with zero attached hydrogens (tertiary/aromatic N) is 1. The molecule has 0 aliphatic rings. The number of nitrogens with one attached hydrogen (secondary N) is 1. The Balaban J connectivity index is 2.85. The predicted molar refractivity (Wildman–Crippen MR) is 52.2 cm³/mol. The van der Waals surface area contributed by atoms with E-state index < -0.39 is 18.0 Å². The predicted octanol–water partition coefficient (Wildman–Crippen LogP) is 2.18. The Bertz CT molecular complexity index is 425. The van der Waals surface area contributed by atoms with Crippen LogP contribution in [0, 0.1) is 5.41 Å². The third-order valence-corrected chi connectivity index (χ3v) is 1.93. The number of hydrogen-bond donors (Lipinski definition) is 2. The summed E-state index contributed by atoms with van der Waals surface area (Å²) < 4.78 is 41.2. The normalized spacial score (nSPS) is 11.3. The van der Waals surface area contributed by atoms with Gasteiger partial charge in [-0.3, -0.25) is 10.3 Å². The van der Waals surface area contributed by atoms with Gasteiger partial charge in [-0.25, -0.2) is 4.79 Å². The summed E-state index contributed by atoms with van der Waals surface area (Å²) in [5.41, 5.74) is 4.96. The second-order valence-electron chi connectivity index (χ2n) is 3.27. The molecule has 1 aromatic heterocycles. The minimum Gasteiger partial charge on any atom is -0.455 e. The average Bonchev–Trinajstić information content (AvgIpc) is 2.60. The first-order chi connectivity index (χ1) is 7.71. The van der Waals surface area contributed by atoms with Crippen molar-refractivity contribution in [2.75, 3.05) is 0 Å². The van der Waals surface area contributed by atoms with Crippen molar-refractivity contribution >= 4 is 11.9 Å². The molecule has 3 N–H and O–H groups in total. The highest BCUT2D eigenvalue weighted by Crippen LogP contribution is 2.30. The summed E-state index contributed by atoms with van der Waals surface area (Å²) >= 11 is 0. The highest BCUT2D eigenvalue weighted by Gasteiger charge is 2.35. The van der Waals surface area contributed by atoms with E-state index >= 15 is 0 Å². The number of amidine groups is 1. The number of amides is 2. The van der Waals surface area contributed by atoms with Gasteiger partial charge in [0.2, 0.25) is 5.76 Å². The molecule has 0 saturated heterocycles. The molecule has 0 saturated carbocycles. The molecule has 2 amide bonds. The summed E-state index contributed by atoms with van der Waals surface area (Å²) in [6.07, 6.45) is -4.57. The fourth-order valence-electron chi connectivity index (χ4n) is 1.13. The zero-order valence-electron chi connectivity index (χ0n) is 8.84. The smallest absolute Gasteiger partial charge is 0.449 e. The topological polar surface area (TPSA) is 83.3 Å². The van der Waals surface area contributed by atoms with Crippen LogP contribution in [0.5, 0.6) is 0 Å². The van der Waals surface area contributed by atoms with E-state index in [1.807, 2.05) is 0 Å². The monoisotopic (exact) mass is 249 g/mol. The van der Waals surface area contributed by atoms with Crippen molar-refractivity contribution in [3.05, 3.63) is 23.7 Å². The molecule has 8 heteroatoms. The van der Waals surface area contributed by atoms with Gasteiger partial charge in [0.15, 0.2) is 0 Å². The van der Waals surface area contributed by atoms with Crippen molar-refractivity contribution in [3.63, 3.8) is 0 Å². The van der Waals surface area contributed by atoms with E-state index in [1.165, 1.54) is 6.92 Å². The Morgan fingerprint density at radius 3 is 2.47 bits per heavy atom. The van der Waals surface area contributed by atoms with Crippen LogP contribution >= 0.6 is 0 Å². The van der Waals surface area contributed by atoms with Crippen molar-refractivity contribution in [2.45, 2.75) is 19.6 Å². The van der Waals surface area contributed by atoms with Crippen LogP contribution in [0.1, 0.15) is 18.4 Å². The van der Waals surface area contributed by atoms with Gasteiger partial charge in [-0.1, -0.05) is 0 Å². The Morgan fingerprint density at radius 2 is 2.12 bits per heavy atom. The summed E-state index contributed by atoms with van der Waals surface area (Å²) in [7, 11) is 0. The number of primary amides is 1. The molecule has 0 fully saturated rings. The molecule has 0 atom stereocenters. The summed E-state index contributed by atoms with van der Waals surface area (Å²) in [6, 6.07) is 0.914. The maximum Gasteiger partial charge on any atom is 0.449 e. The minimum atomic E-state index is -4.57. The number of carbonyl (C=O) groups is 1. The lowest BCUT2D eigenvalue weighted by atomic mass is 10.4. The van der Waals surface area contributed by atoms with Crippen LogP contribution in [-0.2, 0) is 12.7 Å². The number of halogens is 3. The van der Waals surface area contributed by atoms with E-state index in [4.69, 9.17) is 11.1 Å². The van der Waals surface area contributed by atoms with Crippen molar-refractivity contribution < 1.29 is 22.4 Å². The number of urea groups is 1.